The molecule has 0 unspecified atom stereocenters. The van der Waals surface area contributed by atoms with Crippen LogP contribution in [0.1, 0.15) is 43.2 Å². The number of carbonyl (C=O) groups is 1. The molecule has 0 fully saturated rings. The van der Waals surface area contributed by atoms with Crippen LogP contribution in [0.25, 0.3) is 11.3 Å². The predicted molar refractivity (Wildman–Crippen MR) is 105 cm³/mol. The fourth-order valence-corrected chi connectivity index (χ4v) is 3.60. The van der Waals surface area contributed by atoms with Crippen molar-refractivity contribution in [2.75, 3.05) is 0 Å². The molecule has 2 aromatic heterocycles. The van der Waals surface area contributed by atoms with Crippen molar-refractivity contribution in [2.45, 2.75) is 51.6 Å². The van der Waals surface area contributed by atoms with Gasteiger partial charge in [0.05, 0.1) is 17.8 Å². The van der Waals surface area contributed by atoms with E-state index in [0.29, 0.717) is 36.1 Å². The third-order valence-electron chi connectivity index (χ3n) is 4.89. The number of nitrogens with zero attached hydrogens (tertiary/aromatic N) is 4. The van der Waals surface area contributed by atoms with Gasteiger partial charge < -0.3 is 14.3 Å². The molecule has 0 atom stereocenters. The molecule has 1 N–H and O–H groups in total. The molecule has 4 rings (SSSR count). The van der Waals surface area contributed by atoms with Gasteiger partial charge in [-0.25, -0.2) is 4.98 Å². The summed E-state index contributed by atoms with van der Waals surface area (Å²) in [7, 11) is 0. The number of halogens is 1. The van der Waals surface area contributed by atoms with E-state index in [9.17, 15) is 4.79 Å². The van der Waals surface area contributed by atoms with Gasteiger partial charge in [0.25, 0.3) is 0 Å². The van der Waals surface area contributed by atoms with E-state index in [1.807, 2.05) is 18.2 Å². The molecule has 7 nitrogen and oxygen atoms in total. The Balaban J connectivity index is 1.30. The molecule has 1 aliphatic rings. The van der Waals surface area contributed by atoms with Crippen LogP contribution in [0.15, 0.2) is 34.9 Å². The molecule has 1 amide bonds. The Kier molecular flexibility index (Phi) is 5.71. The van der Waals surface area contributed by atoms with Gasteiger partial charge in [-0.15, -0.1) is 10.2 Å². The maximum atomic E-state index is 12.2. The minimum Gasteiger partial charge on any atom is -0.441 e. The van der Waals surface area contributed by atoms with E-state index < -0.39 is 0 Å². The number of oxazole rings is 1. The van der Waals surface area contributed by atoms with E-state index in [2.05, 4.69) is 25.1 Å². The van der Waals surface area contributed by atoms with Crippen LogP contribution in [-0.2, 0) is 30.7 Å². The van der Waals surface area contributed by atoms with Crippen molar-refractivity contribution in [3.63, 3.8) is 0 Å². The summed E-state index contributed by atoms with van der Waals surface area (Å²) in [5.74, 6) is 2.90. The molecule has 0 spiro atoms. The summed E-state index contributed by atoms with van der Waals surface area (Å²) in [6, 6.07) is 7.43. The monoisotopic (exact) mass is 399 g/mol. The molecule has 8 heteroatoms. The average Bonchev–Trinajstić information content (AvgIpc) is 3.26. The van der Waals surface area contributed by atoms with Gasteiger partial charge in [-0.2, -0.15) is 0 Å². The maximum Gasteiger partial charge on any atom is 0.220 e. The van der Waals surface area contributed by atoms with Crippen molar-refractivity contribution in [2.24, 2.45) is 0 Å². The summed E-state index contributed by atoms with van der Waals surface area (Å²) >= 11 is 6.18. The zero-order valence-corrected chi connectivity index (χ0v) is 16.3. The highest BCUT2D eigenvalue weighted by molar-refractivity contribution is 6.33. The number of aryl methyl sites for hydroxylation is 2. The second-order valence-corrected chi connectivity index (χ2v) is 7.28. The third kappa shape index (κ3) is 4.25. The lowest BCUT2D eigenvalue weighted by atomic mass is 10.2. The standard InChI is InChI=1S/C20H22ClN5O2/c21-15-7-4-3-6-14(15)16-12-23-20(28-16)10-9-19(27)22-13-18-25-24-17-8-2-1-5-11-26(17)18/h3-4,6-7,12H,1-2,5,8-11,13H2,(H,22,27). The second-order valence-electron chi connectivity index (χ2n) is 6.87. The third-order valence-corrected chi connectivity index (χ3v) is 5.22. The number of hydrogen-bond donors (Lipinski definition) is 1. The van der Waals surface area contributed by atoms with Crippen LogP contribution in [0.4, 0.5) is 0 Å². The van der Waals surface area contributed by atoms with Crippen LogP contribution in [0.5, 0.6) is 0 Å². The van der Waals surface area contributed by atoms with Crippen LogP contribution in [0.3, 0.4) is 0 Å². The van der Waals surface area contributed by atoms with Crippen molar-refractivity contribution >= 4 is 17.5 Å². The summed E-state index contributed by atoms with van der Waals surface area (Å²) in [5.41, 5.74) is 0.792. The lowest BCUT2D eigenvalue weighted by molar-refractivity contribution is -0.121. The lowest BCUT2D eigenvalue weighted by Crippen LogP contribution is -2.25. The van der Waals surface area contributed by atoms with E-state index in [4.69, 9.17) is 16.0 Å². The van der Waals surface area contributed by atoms with E-state index in [1.54, 1.807) is 12.3 Å². The van der Waals surface area contributed by atoms with Gasteiger partial charge in [0.1, 0.15) is 5.82 Å². The summed E-state index contributed by atoms with van der Waals surface area (Å²) in [6.45, 7) is 1.32. The predicted octanol–water partition coefficient (Wildman–Crippen LogP) is 3.56. The highest BCUT2D eigenvalue weighted by Crippen LogP contribution is 2.28. The zero-order valence-electron chi connectivity index (χ0n) is 15.5. The zero-order chi connectivity index (χ0) is 19.3. The van der Waals surface area contributed by atoms with Crippen molar-refractivity contribution in [3.8, 4) is 11.3 Å². The van der Waals surface area contributed by atoms with Gasteiger partial charge >= 0.3 is 0 Å². The number of amides is 1. The smallest absolute Gasteiger partial charge is 0.220 e. The number of fused-ring (bicyclic) bond motifs is 1. The molecule has 1 aliphatic heterocycles. The number of aromatic nitrogens is 4. The Labute approximate surface area is 168 Å². The molecular formula is C20H22ClN5O2. The van der Waals surface area contributed by atoms with Gasteiger partial charge in [-0.3, -0.25) is 4.79 Å². The van der Waals surface area contributed by atoms with Crippen LogP contribution >= 0.6 is 11.6 Å². The Morgan fingerprint density at radius 1 is 1.21 bits per heavy atom. The van der Waals surface area contributed by atoms with Gasteiger partial charge in [0, 0.05) is 31.4 Å². The SMILES string of the molecule is O=C(CCc1ncc(-c2ccccc2Cl)o1)NCc1nnc2n1CCCCC2. The fraction of sp³-hybridized carbons (Fsp3) is 0.400. The lowest BCUT2D eigenvalue weighted by Gasteiger charge is -2.08. The van der Waals surface area contributed by atoms with Crippen LogP contribution in [0.2, 0.25) is 5.02 Å². The normalized spacial score (nSPS) is 13.8. The Hall–Kier alpha value is -2.67. The first-order valence-electron chi connectivity index (χ1n) is 9.58. The number of carbonyl (C=O) groups excluding carboxylic acids is 1. The minimum atomic E-state index is -0.0662. The maximum absolute atomic E-state index is 12.2. The highest BCUT2D eigenvalue weighted by Gasteiger charge is 2.16. The summed E-state index contributed by atoms with van der Waals surface area (Å²) in [5, 5.41) is 12.0. The molecule has 28 heavy (non-hydrogen) atoms. The first-order chi connectivity index (χ1) is 13.7. The molecule has 0 saturated heterocycles. The number of hydrogen-bond acceptors (Lipinski definition) is 5. The molecule has 1 aromatic carbocycles. The first kappa shape index (κ1) is 18.7. The van der Waals surface area contributed by atoms with Gasteiger partial charge in [0.15, 0.2) is 17.5 Å². The van der Waals surface area contributed by atoms with E-state index in [1.165, 1.54) is 6.42 Å². The average molecular weight is 400 g/mol. The van der Waals surface area contributed by atoms with Crippen LogP contribution in [0, 0.1) is 0 Å². The largest absolute Gasteiger partial charge is 0.441 e. The Morgan fingerprint density at radius 2 is 2.11 bits per heavy atom. The fourth-order valence-electron chi connectivity index (χ4n) is 3.37. The molecule has 3 heterocycles. The van der Waals surface area contributed by atoms with Crippen molar-refractivity contribution in [1.29, 1.82) is 0 Å². The molecule has 146 valence electrons. The molecule has 3 aromatic rings. The number of nitrogens with one attached hydrogen (secondary N) is 1. The summed E-state index contributed by atoms with van der Waals surface area (Å²) in [4.78, 5) is 16.5. The van der Waals surface area contributed by atoms with Gasteiger partial charge in [0.2, 0.25) is 5.91 Å². The number of rotatable bonds is 6. The molecular weight excluding hydrogens is 378 g/mol. The van der Waals surface area contributed by atoms with Crippen molar-refractivity contribution in [1.82, 2.24) is 25.1 Å². The Morgan fingerprint density at radius 3 is 3.00 bits per heavy atom. The van der Waals surface area contributed by atoms with Gasteiger partial charge in [-0.1, -0.05) is 30.2 Å². The molecule has 0 aliphatic carbocycles. The number of benzene rings is 1. The quantitative estimate of drug-likeness (QED) is 0.684. The summed E-state index contributed by atoms with van der Waals surface area (Å²) < 4.78 is 7.87. The Bertz CT molecular complexity index is 965. The van der Waals surface area contributed by atoms with E-state index >= 15 is 0 Å². The molecule has 0 bridgehead atoms. The van der Waals surface area contributed by atoms with E-state index in [0.717, 1.165) is 43.0 Å². The topological polar surface area (TPSA) is 85.8 Å². The highest BCUT2D eigenvalue weighted by atomic mass is 35.5. The van der Waals surface area contributed by atoms with Crippen LogP contribution in [-0.4, -0.2) is 25.7 Å². The van der Waals surface area contributed by atoms with Crippen LogP contribution < -0.4 is 5.32 Å². The van der Waals surface area contributed by atoms with Gasteiger partial charge in [-0.05, 0) is 25.0 Å². The summed E-state index contributed by atoms with van der Waals surface area (Å²) in [6.07, 6.45) is 6.80. The first-order valence-corrected chi connectivity index (χ1v) is 9.96. The van der Waals surface area contributed by atoms with E-state index in [-0.39, 0.29) is 5.91 Å². The van der Waals surface area contributed by atoms with Crippen molar-refractivity contribution < 1.29 is 9.21 Å². The molecule has 0 radical (unpaired) electrons. The van der Waals surface area contributed by atoms with Crippen molar-refractivity contribution in [3.05, 3.63) is 53.0 Å². The minimum absolute atomic E-state index is 0.0662. The molecule has 0 saturated carbocycles. The second kappa shape index (κ2) is 8.56.